The average Bonchev–Trinajstić information content (AvgIpc) is 2.47. The third-order valence-corrected chi connectivity index (χ3v) is 3.89. The number of hydrogen-bond donors (Lipinski definition) is 2. The Balaban J connectivity index is 1.87. The van der Waals surface area contributed by atoms with Gasteiger partial charge in [-0.25, -0.2) is 0 Å². The SMILES string of the molecule is COc1cccc(CC(=O)NC2CCCC(C(=O)O)C2)c1. The normalized spacial score (nSPS) is 21.6. The number of carbonyl (C=O) groups excluding carboxylic acids is 1. The van der Waals surface area contributed by atoms with Gasteiger partial charge in [0.2, 0.25) is 5.91 Å². The van der Waals surface area contributed by atoms with E-state index in [9.17, 15) is 9.59 Å². The number of benzene rings is 1. The van der Waals surface area contributed by atoms with Crippen LogP contribution in [0.3, 0.4) is 0 Å². The molecular formula is C16H21NO4. The van der Waals surface area contributed by atoms with E-state index in [1.807, 2.05) is 24.3 Å². The number of ether oxygens (including phenoxy) is 1. The van der Waals surface area contributed by atoms with E-state index >= 15 is 0 Å². The molecule has 0 aromatic heterocycles. The van der Waals surface area contributed by atoms with Crippen molar-refractivity contribution in [2.75, 3.05) is 7.11 Å². The van der Waals surface area contributed by atoms with E-state index in [0.29, 0.717) is 12.8 Å². The molecule has 0 radical (unpaired) electrons. The van der Waals surface area contributed by atoms with Crippen molar-refractivity contribution in [1.29, 1.82) is 0 Å². The molecule has 2 rings (SSSR count). The molecule has 1 aliphatic rings. The highest BCUT2D eigenvalue weighted by Crippen LogP contribution is 2.24. The van der Waals surface area contributed by atoms with Crippen molar-refractivity contribution in [1.82, 2.24) is 5.32 Å². The van der Waals surface area contributed by atoms with Crippen LogP contribution in [-0.4, -0.2) is 30.1 Å². The quantitative estimate of drug-likeness (QED) is 0.870. The molecule has 5 heteroatoms. The molecule has 2 atom stereocenters. The highest BCUT2D eigenvalue weighted by Gasteiger charge is 2.27. The summed E-state index contributed by atoms with van der Waals surface area (Å²) in [6.45, 7) is 0. The summed E-state index contributed by atoms with van der Waals surface area (Å²) in [5, 5.41) is 12.0. The lowest BCUT2D eigenvalue weighted by Crippen LogP contribution is -2.40. The molecule has 1 aliphatic carbocycles. The Hall–Kier alpha value is -2.04. The first-order chi connectivity index (χ1) is 10.1. The Bertz CT molecular complexity index is 515. The van der Waals surface area contributed by atoms with Crippen LogP contribution in [0.25, 0.3) is 0 Å². The number of nitrogens with one attached hydrogen (secondary N) is 1. The van der Waals surface area contributed by atoms with Gasteiger partial charge >= 0.3 is 5.97 Å². The van der Waals surface area contributed by atoms with E-state index in [1.165, 1.54) is 0 Å². The summed E-state index contributed by atoms with van der Waals surface area (Å²) in [6.07, 6.45) is 3.22. The van der Waals surface area contributed by atoms with E-state index in [2.05, 4.69) is 5.32 Å². The summed E-state index contributed by atoms with van der Waals surface area (Å²) >= 11 is 0. The standard InChI is InChI=1S/C16H21NO4/c1-21-14-7-2-4-11(8-14)9-15(18)17-13-6-3-5-12(10-13)16(19)20/h2,4,7-8,12-13H,3,5-6,9-10H2,1H3,(H,17,18)(H,19,20). The van der Waals surface area contributed by atoms with Crippen LogP contribution in [0.15, 0.2) is 24.3 Å². The number of aliphatic carboxylic acids is 1. The fraction of sp³-hybridized carbons (Fsp3) is 0.500. The highest BCUT2D eigenvalue weighted by molar-refractivity contribution is 5.79. The zero-order valence-corrected chi connectivity index (χ0v) is 12.2. The summed E-state index contributed by atoms with van der Waals surface area (Å²) in [4.78, 5) is 23.1. The number of hydrogen-bond acceptors (Lipinski definition) is 3. The molecule has 0 saturated heterocycles. The second kappa shape index (κ2) is 7.11. The molecule has 1 fully saturated rings. The first kappa shape index (κ1) is 15.4. The van der Waals surface area contributed by atoms with Gasteiger partial charge in [0.25, 0.3) is 0 Å². The van der Waals surface area contributed by atoms with Crippen LogP contribution < -0.4 is 10.1 Å². The first-order valence-electron chi connectivity index (χ1n) is 7.23. The fourth-order valence-electron chi connectivity index (χ4n) is 2.79. The molecule has 0 heterocycles. The number of methoxy groups -OCH3 is 1. The zero-order chi connectivity index (χ0) is 15.2. The number of amides is 1. The third-order valence-electron chi connectivity index (χ3n) is 3.89. The van der Waals surface area contributed by atoms with Crippen molar-refractivity contribution in [3.63, 3.8) is 0 Å². The van der Waals surface area contributed by atoms with Gasteiger partial charge < -0.3 is 15.2 Å². The van der Waals surface area contributed by atoms with Gasteiger partial charge in [-0.15, -0.1) is 0 Å². The van der Waals surface area contributed by atoms with Gasteiger partial charge in [-0.2, -0.15) is 0 Å². The number of carbonyl (C=O) groups is 2. The Kier molecular flexibility index (Phi) is 5.20. The molecule has 0 aliphatic heterocycles. The Morgan fingerprint density at radius 2 is 2.19 bits per heavy atom. The molecule has 5 nitrogen and oxygen atoms in total. The van der Waals surface area contributed by atoms with Gasteiger partial charge in [-0.3, -0.25) is 9.59 Å². The Morgan fingerprint density at radius 3 is 2.90 bits per heavy atom. The van der Waals surface area contributed by atoms with Crippen molar-refractivity contribution < 1.29 is 19.4 Å². The van der Waals surface area contributed by atoms with Crippen LogP contribution in [0.1, 0.15) is 31.2 Å². The highest BCUT2D eigenvalue weighted by atomic mass is 16.5. The molecular weight excluding hydrogens is 270 g/mol. The number of carboxylic acids is 1. The molecule has 114 valence electrons. The van der Waals surface area contributed by atoms with Crippen LogP contribution in [0.4, 0.5) is 0 Å². The van der Waals surface area contributed by atoms with Crippen molar-refractivity contribution in [2.45, 2.75) is 38.1 Å². The van der Waals surface area contributed by atoms with E-state index in [0.717, 1.165) is 24.2 Å². The maximum absolute atomic E-state index is 12.1. The van der Waals surface area contributed by atoms with Crippen LogP contribution in [0, 0.1) is 5.92 Å². The fourth-order valence-corrected chi connectivity index (χ4v) is 2.79. The topological polar surface area (TPSA) is 75.6 Å². The lowest BCUT2D eigenvalue weighted by atomic mass is 9.85. The summed E-state index contributed by atoms with van der Waals surface area (Å²) < 4.78 is 5.13. The molecule has 1 amide bonds. The van der Waals surface area contributed by atoms with Gasteiger partial charge in [-0.1, -0.05) is 18.6 Å². The van der Waals surface area contributed by atoms with Crippen LogP contribution in [0.5, 0.6) is 5.75 Å². The van der Waals surface area contributed by atoms with Crippen LogP contribution >= 0.6 is 0 Å². The minimum atomic E-state index is -0.762. The third kappa shape index (κ3) is 4.48. The lowest BCUT2D eigenvalue weighted by molar-refractivity contribution is -0.143. The van der Waals surface area contributed by atoms with Gasteiger partial charge in [0, 0.05) is 6.04 Å². The molecule has 1 saturated carbocycles. The van der Waals surface area contributed by atoms with Crippen molar-refractivity contribution >= 4 is 11.9 Å². The predicted octanol–water partition coefficient (Wildman–Crippen LogP) is 2.00. The Labute approximate surface area is 124 Å². The van der Waals surface area contributed by atoms with Gasteiger partial charge in [-0.05, 0) is 37.0 Å². The maximum Gasteiger partial charge on any atom is 0.306 e. The number of carboxylic acid groups (broad SMARTS) is 1. The summed E-state index contributed by atoms with van der Waals surface area (Å²) in [6, 6.07) is 7.37. The monoisotopic (exact) mass is 291 g/mol. The van der Waals surface area contributed by atoms with E-state index < -0.39 is 5.97 Å². The van der Waals surface area contributed by atoms with Gasteiger partial charge in [0.15, 0.2) is 0 Å². The van der Waals surface area contributed by atoms with E-state index in [1.54, 1.807) is 7.11 Å². The largest absolute Gasteiger partial charge is 0.497 e. The molecule has 21 heavy (non-hydrogen) atoms. The van der Waals surface area contributed by atoms with Crippen molar-refractivity contribution in [2.24, 2.45) is 5.92 Å². The molecule has 1 aromatic carbocycles. The maximum atomic E-state index is 12.1. The second-order valence-electron chi connectivity index (χ2n) is 5.49. The van der Waals surface area contributed by atoms with Crippen LogP contribution in [-0.2, 0) is 16.0 Å². The lowest BCUT2D eigenvalue weighted by Gasteiger charge is -2.27. The molecule has 2 N–H and O–H groups in total. The first-order valence-corrected chi connectivity index (χ1v) is 7.23. The second-order valence-corrected chi connectivity index (χ2v) is 5.49. The Morgan fingerprint density at radius 1 is 1.38 bits per heavy atom. The molecule has 2 unspecified atom stereocenters. The minimum absolute atomic E-state index is 0.0297. The predicted molar refractivity (Wildman–Crippen MR) is 78.2 cm³/mol. The summed E-state index contributed by atoms with van der Waals surface area (Å²) in [5.74, 6) is -0.439. The summed E-state index contributed by atoms with van der Waals surface area (Å²) in [7, 11) is 1.59. The minimum Gasteiger partial charge on any atom is -0.497 e. The van der Waals surface area contributed by atoms with Crippen molar-refractivity contribution in [3.8, 4) is 5.75 Å². The molecule has 0 spiro atoms. The van der Waals surface area contributed by atoms with E-state index in [-0.39, 0.29) is 24.3 Å². The molecule has 0 bridgehead atoms. The summed E-state index contributed by atoms with van der Waals surface area (Å²) in [5.41, 5.74) is 0.887. The van der Waals surface area contributed by atoms with Gasteiger partial charge in [0.1, 0.15) is 5.75 Å². The molecule has 1 aromatic rings. The smallest absolute Gasteiger partial charge is 0.306 e. The zero-order valence-electron chi connectivity index (χ0n) is 12.2. The number of rotatable bonds is 5. The van der Waals surface area contributed by atoms with Crippen molar-refractivity contribution in [3.05, 3.63) is 29.8 Å². The van der Waals surface area contributed by atoms with Gasteiger partial charge in [0.05, 0.1) is 19.4 Å². The van der Waals surface area contributed by atoms with Crippen LogP contribution in [0.2, 0.25) is 0 Å². The average molecular weight is 291 g/mol. The van der Waals surface area contributed by atoms with E-state index in [4.69, 9.17) is 9.84 Å².